The van der Waals surface area contributed by atoms with Gasteiger partial charge in [-0.25, -0.2) is 0 Å². The quantitative estimate of drug-likeness (QED) is 0.836. The topological polar surface area (TPSA) is 72.9 Å². The van der Waals surface area contributed by atoms with E-state index < -0.39 is 0 Å². The summed E-state index contributed by atoms with van der Waals surface area (Å²) in [6.45, 7) is 2.69. The molecule has 1 aliphatic rings. The van der Waals surface area contributed by atoms with Gasteiger partial charge in [0.15, 0.2) is 5.69 Å². The van der Waals surface area contributed by atoms with Crippen LogP contribution in [0.1, 0.15) is 49.5 Å². The molecule has 0 saturated heterocycles. The summed E-state index contributed by atoms with van der Waals surface area (Å²) < 4.78 is 1.69. The molecule has 1 aromatic rings. The summed E-state index contributed by atoms with van der Waals surface area (Å²) in [4.78, 5) is 12.0. The number of hydrogen-bond donors (Lipinski definition) is 2. The van der Waals surface area contributed by atoms with Crippen LogP contribution in [0.4, 0.5) is 5.69 Å². The van der Waals surface area contributed by atoms with Crippen LogP contribution in [0, 0.1) is 0 Å². The summed E-state index contributed by atoms with van der Waals surface area (Å²) in [6.07, 6.45) is 7.52. The molecule has 0 radical (unpaired) electrons. The molecule has 17 heavy (non-hydrogen) atoms. The molecule has 1 fully saturated rings. The number of rotatable bonds is 3. The third-order valence-corrected chi connectivity index (χ3v) is 3.27. The molecule has 94 valence electrons. The molecule has 0 aliphatic heterocycles. The van der Waals surface area contributed by atoms with Gasteiger partial charge in [0, 0.05) is 18.8 Å². The van der Waals surface area contributed by atoms with Crippen molar-refractivity contribution in [2.75, 3.05) is 5.73 Å². The van der Waals surface area contributed by atoms with E-state index in [0.717, 1.165) is 19.4 Å². The van der Waals surface area contributed by atoms with Crippen molar-refractivity contribution in [1.29, 1.82) is 0 Å². The number of nitrogens with zero attached hydrogens (tertiary/aromatic N) is 2. The number of amides is 1. The van der Waals surface area contributed by atoms with Gasteiger partial charge in [-0.2, -0.15) is 5.10 Å². The Bertz CT molecular complexity index is 393. The highest BCUT2D eigenvalue weighted by Gasteiger charge is 2.20. The number of hydrogen-bond acceptors (Lipinski definition) is 3. The predicted octanol–water partition coefficient (Wildman–Crippen LogP) is 1.55. The highest BCUT2D eigenvalue weighted by atomic mass is 16.2. The fourth-order valence-electron chi connectivity index (χ4n) is 2.28. The first-order valence-corrected chi connectivity index (χ1v) is 6.34. The fourth-order valence-corrected chi connectivity index (χ4v) is 2.28. The number of anilines is 1. The summed E-state index contributed by atoms with van der Waals surface area (Å²) >= 11 is 0. The molecular formula is C12H20N4O. The number of nitrogens with two attached hydrogens (primary N) is 1. The zero-order valence-corrected chi connectivity index (χ0v) is 10.3. The summed E-state index contributed by atoms with van der Waals surface area (Å²) in [5, 5.41) is 7.19. The Kier molecular flexibility index (Phi) is 3.66. The molecule has 1 aromatic heterocycles. The average Bonchev–Trinajstić information content (AvgIpc) is 2.72. The van der Waals surface area contributed by atoms with E-state index in [-0.39, 0.29) is 5.91 Å². The second kappa shape index (κ2) is 5.21. The predicted molar refractivity (Wildman–Crippen MR) is 66.7 cm³/mol. The Hall–Kier alpha value is -1.52. The van der Waals surface area contributed by atoms with E-state index in [2.05, 4.69) is 10.4 Å². The zero-order chi connectivity index (χ0) is 12.3. The largest absolute Gasteiger partial charge is 0.396 e. The lowest BCUT2D eigenvalue weighted by molar-refractivity contribution is 0.0922. The van der Waals surface area contributed by atoms with Crippen molar-refractivity contribution in [3.05, 3.63) is 11.9 Å². The minimum atomic E-state index is -0.137. The molecule has 0 bridgehead atoms. The minimum Gasteiger partial charge on any atom is -0.396 e. The van der Waals surface area contributed by atoms with Crippen LogP contribution in [-0.4, -0.2) is 21.7 Å². The maximum atomic E-state index is 12.0. The van der Waals surface area contributed by atoms with Crippen molar-refractivity contribution in [2.24, 2.45) is 0 Å². The first-order chi connectivity index (χ1) is 8.20. The highest BCUT2D eigenvalue weighted by Crippen LogP contribution is 2.18. The Morgan fingerprint density at radius 3 is 2.82 bits per heavy atom. The number of nitrogen functional groups attached to an aromatic ring is 1. The van der Waals surface area contributed by atoms with Gasteiger partial charge in [-0.3, -0.25) is 9.48 Å². The van der Waals surface area contributed by atoms with Crippen LogP contribution in [0.2, 0.25) is 0 Å². The summed E-state index contributed by atoms with van der Waals surface area (Å²) in [5.41, 5.74) is 6.60. The molecule has 1 heterocycles. The Labute approximate surface area is 101 Å². The van der Waals surface area contributed by atoms with E-state index >= 15 is 0 Å². The van der Waals surface area contributed by atoms with E-state index in [1.165, 1.54) is 19.3 Å². The van der Waals surface area contributed by atoms with E-state index in [1.807, 2.05) is 6.92 Å². The van der Waals surface area contributed by atoms with Gasteiger partial charge in [0.1, 0.15) is 0 Å². The lowest BCUT2D eigenvalue weighted by atomic mass is 9.95. The van der Waals surface area contributed by atoms with Crippen molar-refractivity contribution in [3.63, 3.8) is 0 Å². The molecule has 1 saturated carbocycles. The molecule has 5 heteroatoms. The van der Waals surface area contributed by atoms with E-state index in [0.29, 0.717) is 17.4 Å². The maximum Gasteiger partial charge on any atom is 0.274 e. The van der Waals surface area contributed by atoms with Gasteiger partial charge in [-0.1, -0.05) is 19.3 Å². The second-order valence-corrected chi connectivity index (χ2v) is 4.60. The maximum absolute atomic E-state index is 12.0. The van der Waals surface area contributed by atoms with E-state index in [4.69, 9.17) is 5.73 Å². The monoisotopic (exact) mass is 236 g/mol. The first kappa shape index (κ1) is 12.0. The third-order valence-electron chi connectivity index (χ3n) is 3.27. The molecular weight excluding hydrogens is 216 g/mol. The van der Waals surface area contributed by atoms with Crippen molar-refractivity contribution < 1.29 is 4.79 Å². The lowest BCUT2D eigenvalue weighted by Gasteiger charge is -2.22. The van der Waals surface area contributed by atoms with Crippen LogP contribution in [0.5, 0.6) is 0 Å². The van der Waals surface area contributed by atoms with Crippen LogP contribution < -0.4 is 11.1 Å². The normalized spacial score (nSPS) is 17.0. The van der Waals surface area contributed by atoms with Gasteiger partial charge in [-0.15, -0.1) is 0 Å². The van der Waals surface area contributed by atoms with Gasteiger partial charge >= 0.3 is 0 Å². The summed E-state index contributed by atoms with van der Waals surface area (Å²) in [5.74, 6) is -0.137. The van der Waals surface area contributed by atoms with Crippen LogP contribution in [0.25, 0.3) is 0 Å². The molecule has 1 aliphatic carbocycles. The number of aromatic nitrogens is 2. The standard InChI is InChI=1S/C12H20N4O/c1-2-16-8-10(13)11(15-16)12(17)14-9-6-4-3-5-7-9/h8-9H,2-7,13H2,1H3,(H,14,17). The molecule has 1 amide bonds. The molecule has 3 N–H and O–H groups in total. The second-order valence-electron chi connectivity index (χ2n) is 4.60. The number of aryl methyl sites for hydroxylation is 1. The van der Waals surface area contributed by atoms with Crippen LogP contribution in [0.3, 0.4) is 0 Å². The summed E-state index contributed by atoms with van der Waals surface area (Å²) in [7, 11) is 0. The number of carbonyl (C=O) groups excluding carboxylic acids is 1. The van der Waals surface area contributed by atoms with Gasteiger partial charge in [-0.05, 0) is 19.8 Å². The molecule has 0 atom stereocenters. The van der Waals surface area contributed by atoms with Crippen LogP contribution in [0.15, 0.2) is 6.20 Å². The van der Waals surface area contributed by atoms with Gasteiger partial charge < -0.3 is 11.1 Å². The highest BCUT2D eigenvalue weighted by molar-refractivity contribution is 5.97. The molecule has 5 nitrogen and oxygen atoms in total. The Morgan fingerprint density at radius 2 is 2.24 bits per heavy atom. The van der Waals surface area contributed by atoms with E-state index in [1.54, 1.807) is 10.9 Å². The van der Waals surface area contributed by atoms with Gasteiger partial charge in [0.25, 0.3) is 5.91 Å². The van der Waals surface area contributed by atoms with Crippen molar-refractivity contribution in [3.8, 4) is 0 Å². The van der Waals surface area contributed by atoms with Crippen molar-refractivity contribution in [2.45, 2.75) is 51.6 Å². The molecule has 0 aromatic carbocycles. The van der Waals surface area contributed by atoms with E-state index in [9.17, 15) is 4.79 Å². The summed E-state index contributed by atoms with van der Waals surface area (Å²) in [6, 6.07) is 0.294. The van der Waals surface area contributed by atoms with Gasteiger partial charge in [0.05, 0.1) is 5.69 Å². The number of carbonyl (C=O) groups is 1. The average molecular weight is 236 g/mol. The van der Waals surface area contributed by atoms with Crippen LogP contribution >= 0.6 is 0 Å². The van der Waals surface area contributed by atoms with Crippen LogP contribution in [-0.2, 0) is 6.54 Å². The van der Waals surface area contributed by atoms with Gasteiger partial charge in [0.2, 0.25) is 0 Å². The lowest BCUT2D eigenvalue weighted by Crippen LogP contribution is -2.36. The zero-order valence-electron chi connectivity index (χ0n) is 10.3. The third kappa shape index (κ3) is 2.78. The Balaban J connectivity index is 2.00. The Morgan fingerprint density at radius 1 is 1.53 bits per heavy atom. The van der Waals surface area contributed by atoms with Crippen molar-refractivity contribution >= 4 is 11.6 Å². The fraction of sp³-hybridized carbons (Fsp3) is 0.667. The molecule has 0 unspecified atom stereocenters. The molecule has 0 spiro atoms. The van der Waals surface area contributed by atoms with Crippen molar-refractivity contribution in [1.82, 2.24) is 15.1 Å². The molecule has 2 rings (SSSR count). The number of nitrogens with one attached hydrogen (secondary N) is 1. The smallest absolute Gasteiger partial charge is 0.274 e. The first-order valence-electron chi connectivity index (χ1n) is 6.34. The SMILES string of the molecule is CCn1cc(N)c(C(=O)NC2CCCCC2)n1. The minimum absolute atomic E-state index is 0.137.